The number of hydrogen-bond acceptors (Lipinski definition) is 3. The van der Waals surface area contributed by atoms with Gasteiger partial charge in [-0.1, -0.05) is 25.5 Å². The third-order valence-corrected chi connectivity index (χ3v) is 3.95. The van der Waals surface area contributed by atoms with Crippen molar-refractivity contribution >= 4 is 28.7 Å². The molecule has 0 aliphatic carbocycles. The third-order valence-electron chi connectivity index (χ3n) is 3.95. The fourth-order valence-corrected chi connectivity index (χ4v) is 2.59. The highest BCUT2D eigenvalue weighted by Crippen LogP contribution is 2.25. The highest BCUT2D eigenvalue weighted by atomic mass is 16.5. The number of carbonyl (C=O) groups is 1. The van der Waals surface area contributed by atoms with E-state index in [2.05, 4.69) is 16.9 Å². The summed E-state index contributed by atoms with van der Waals surface area (Å²) in [5.74, 6) is -0.226. The first-order valence-electron chi connectivity index (χ1n) is 8.29. The van der Waals surface area contributed by atoms with E-state index in [0.717, 1.165) is 35.2 Å². The van der Waals surface area contributed by atoms with Crippen molar-refractivity contribution in [3.8, 4) is 5.75 Å². The number of rotatable bonds is 7. The fourth-order valence-electron chi connectivity index (χ4n) is 2.59. The van der Waals surface area contributed by atoms with Crippen molar-refractivity contribution in [2.24, 2.45) is 0 Å². The number of H-pyrrole nitrogens is 1. The van der Waals surface area contributed by atoms with Gasteiger partial charge in [0, 0.05) is 23.3 Å². The topological polar surface area (TPSA) is 75.2 Å². The molecular weight excluding hydrogens is 316 g/mol. The molecule has 0 saturated carbocycles. The number of carboxylic acid groups (broad SMARTS) is 1. The third kappa shape index (κ3) is 3.88. The number of nitrogens with zero attached hydrogens (tertiary/aromatic N) is 1. The maximum Gasteiger partial charge on any atom is 0.336 e. The van der Waals surface area contributed by atoms with Gasteiger partial charge in [0.15, 0.2) is 0 Å². The standard InChI is InChI=1S/C20H20N2O3/c1-2-3-11-25-16-8-6-14(7-9-16)18(20(23)24)12-15-13-22-19-17(15)5-4-10-21-19/h4-10,12-13H,2-3,11H2,1H3,(H,21,22)(H,23,24)/b18-12-. The van der Waals surface area contributed by atoms with E-state index in [1.54, 1.807) is 42.7 Å². The molecule has 0 aliphatic heterocycles. The van der Waals surface area contributed by atoms with Crippen molar-refractivity contribution in [3.05, 3.63) is 59.9 Å². The number of fused-ring (bicyclic) bond motifs is 1. The van der Waals surface area contributed by atoms with E-state index in [1.807, 2.05) is 12.1 Å². The Hall–Kier alpha value is -3.08. The van der Waals surface area contributed by atoms with Crippen LogP contribution in [-0.2, 0) is 4.79 Å². The van der Waals surface area contributed by atoms with Gasteiger partial charge in [0.2, 0.25) is 0 Å². The summed E-state index contributed by atoms with van der Waals surface area (Å²) in [6.45, 7) is 2.77. The van der Waals surface area contributed by atoms with Gasteiger partial charge in [-0.2, -0.15) is 0 Å². The summed E-state index contributed by atoms with van der Waals surface area (Å²) in [5.41, 5.74) is 2.39. The molecule has 0 atom stereocenters. The molecule has 0 unspecified atom stereocenters. The van der Waals surface area contributed by atoms with E-state index in [4.69, 9.17) is 4.74 Å². The van der Waals surface area contributed by atoms with Crippen LogP contribution in [0.1, 0.15) is 30.9 Å². The van der Waals surface area contributed by atoms with Gasteiger partial charge in [-0.25, -0.2) is 9.78 Å². The monoisotopic (exact) mass is 336 g/mol. The van der Waals surface area contributed by atoms with Crippen LogP contribution in [0.4, 0.5) is 0 Å². The van der Waals surface area contributed by atoms with Crippen LogP contribution < -0.4 is 4.74 Å². The second-order valence-corrected chi connectivity index (χ2v) is 5.73. The minimum atomic E-state index is -0.974. The zero-order valence-electron chi connectivity index (χ0n) is 14.0. The van der Waals surface area contributed by atoms with Crippen LogP contribution in [0, 0.1) is 0 Å². The Morgan fingerprint density at radius 2 is 2.08 bits per heavy atom. The summed E-state index contributed by atoms with van der Waals surface area (Å²) in [6, 6.07) is 10.9. The van der Waals surface area contributed by atoms with Crippen molar-refractivity contribution in [2.75, 3.05) is 6.61 Å². The number of aromatic amines is 1. The number of unbranched alkanes of at least 4 members (excludes halogenated alkanes) is 1. The number of aromatic nitrogens is 2. The molecule has 0 radical (unpaired) electrons. The van der Waals surface area contributed by atoms with Crippen LogP contribution in [0.25, 0.3) is 22.7 Å². The molecule has 0 spiro atoms. The van der Waals surface area contributed by atoms with Gasteiger partial charge in [0.1, 0.15) is 11.4 Å². The van der Waals surface area contributed by atoms with E-state index in [0.29, 0.717) is 12.2 Å². The Morgan fingerprint density at radius 1 is 1.28 bits per heavy atom. The number of hydrogen-bond donors (Lipinski definition) is 2. The molecule has 0 saturated heterocycles. The lowest BCUT2D eigenvalue weighted by molar-refractivity contribution is -0.130. The summed E-state index contributed by atoms with van der Waals surface area (Å²) >= 11 is 0. The minimum Gasteiger partial charge on any atom is -0.494 e. The van der Waals surface area contributed by atoms with Gasteiger partial charge >= 0.3 is 5.97 Å². The van der Waals surface area contributed by atoms with Gasteiger partial charge in [-0.3, -0.25) is 0 Å². The molecule has 0 fully saturated rings. The maximum atomic E-state index is 11.7. The van der Waals surface area contributed by atoms with E-state index in [9.17, 15) is 9.90 Å². The molecule has 2 aromatic heterocycles. The molecule has 1 aromatic carbocycles. The van der Waals surface area contributed by atoms with Crippen molar-refractivity contribution in [1.82, 2.24) is 9.97 Å². The highest BCUT2D eigenvalue weighted by Gasteiger charge is 2.12. The van der Waals surface area contributed by atoms with Crippen LogP contribution in [0.15, 0.2) is 48.8 Å². The molecule has 3 rings (SSSR count). The second kappa shape index (κ2) is 7.66. The SMILES string of the molecule is CCCCOc1ccc(/C(=C/c2c[nH]c3ncccc23)C(=O)O)cc1. The first kappa shape index (κ1) is 16.8. The van der Waals surface area contributed by atoms with E-state index >= 15 is 0 Å². The van der Waals surface area contributed by atoms with E-state index in [-0.39, 0.29) is 5.57 Å². The van der Waals surface area contributed by atoms with E-state index in [1.165, 1.54) is 0 Å². The van der Waals surface area contributed by atoms with Crippen LogP contribution in [0.2, 0.25) is 0 Å². The summed E-state index contributed by atoms with van der Waals surface area (Å²) in [6.07, 6.45) is 7.19. The number of aliphatic carboxylic acids is 1. The van der Waals surface area contributed by atoms with Crippen molar-refractivity contribution in [1.29, 1.82) is 0 Å². The quantitative estimate of drug-likeness (QED) is 0.496. The molecule has 0 aliphatic rings. The summed E-state index contributed by atoms with van der Waals surface area (Å²) in [4.78, 5) is 19.0. The molecular formula is C20H20N2O3. The first-order chi connectivity index (χ1) is 12.2. The van der Waals surface area contributed by atoms with Crippen molar-refractivity contribution in [3.63, 3.8) is 0 Å². The molecule has 0 bridgehead atoms. The number of ether oxygens (including phenoxy) is 1. The van der Waals surface area contributed by atoms with Crippen LogP contribution >= 0.6 is 0 Å². The zero-order valence-corrected chi connectivity index (χ0v) is 14.0. The second-order valence-electron chi connectivity index (χ2n) is 5.73. The lowest BCUT2D eigenvalue weighted by Gasteiger charge is -2.07. The van der Waals surface area contributed by atoms with Crippen LogP contribution in [-0.4, -0.2) is 27.7 Å². The molecule has 5 nitrogen and oxygen atoms in total. The van der Waals surface area contributed by atoms with Gasteiger partial charge in [-0.15, -0.1) is 0 Å². The Morgan fingerprint density at radius 3 is 2.80 bits per heavy atom. The Kier molecular flexibility index (Phi) is 5.14. The van der Waals surface area contributed by atoms with Crippen LogP contribution in [0.3, 0.4) is 0 Å². The fraction of sp³-hybridized carbons (Fsp3) is 0.200. The van der Waals surface area contributed by atoms with E-state index < -0.39 is 5.97 Å². The molecule has 25 heavy (non-hydrogen) atoms. The largest absolute Gasteiger partial charge is 0.494 e. The molecule has 3 aromatic rings. The Bertz CT molecular complexity index is 895. The van der Waals surface area contributed by atoms with Crippen molar-refractivity contribution in [2.45, 2.75) is 19.8 Å². The lowest BCUT2D eigenvalue weighted by Crippen LogP contribution is -2.00. The molecule has 0 amide bonds. The van der Waals surface area contributed by atoms with Gasteiger partial charge in [0.05, 0.1) is 12.2 Å². The predicted octanol–water partition coefficient (Wildman–Crippen LogP) is 4.37. The summed E-state index contributed by atoms with van der Waals surface area (Å²) in [7, 11) is 0. The Balaban J connectivity index is 1.89. The zero-order chi connectivity index (χ0) is 17.6. The maximum absolute atomic E-state index is 11.7. The smallest absolute Gasteiger partial charge is 0.336 e. The summed E-state index contributed by atoms with van der Waals surface area (Å²) < 4.78 is 5.63. The summed E-state index contributed by atoms with van der Waals surface area (Å²) in [5, 5.41) is 10.5. The van der Waals surface area contributed by atoms with Gasteiger partial charge < -0.3 is 14.8 Å². The number of pyridine rings is 1. The number of benzene rings is 1. The Labute approximate surface area is 146 Å². The van der Waals surface area contributed by atoms with Gasteiger partial charge in [0.25, 0.3) is 0 Å². The van der Waals surface area contributed by atoms with Crippen molar-refractivity contribution < 1.29 is 14.6 Å². The molecule has 2 heterocycles. The minimum absolute atomic E-state index is 0.227. The molecule has 128 valence electrons. The average molecular weight is 336 g/mol. The first-order valence-corrected chi connectivity index (χ1v) is 8.29. The predicted molar refractivity (Wildman–Crippen MR) is 98.4 cm³/mol. The number of carboxylic acids is 1. The normalized spacial score (nSPS) is 11.6. The van der Waals surface area contributed by atoms with Crippen LogP contribution in [0.5, 0.6) is 5.75 Å². The molecule has 5 heteroatoms. The molecule has 2 N–H and O–H groups in total. The highest BCUT2D eigenvalue weighted by molar-refractivity contribution is 6.21. The lowest BCUT2D eigenvalue weighted by atomic mass is 10.0. The average Bonchev–Trinajstić information content (AvgIpc) is 3.03. The van der Waals surface area contributed by atoms with Gasteiger partial charge in [-0.05, 0) is 42.3 Å². The number of nitrogens with one attached hydrogen (secondary N) is 1.